The van der Waals surface area contributed by atoms with Crippen LogP contribution in [0.1, 0.15) is 37.6 Å². The van der Waals surface area contributed by atoms with Gasteiger partial charge in [-0.2, -0.15) is 5.10 Å². The number of carbonyl (C=O) groups excluding carboxylic acids is 2. The number of hydrogen-bond acceptors (Lipinski definition) is 7. The van der Waals surface area contributed by atoms with Gasteiger partial charge in [0.05, 0.1) is 29.8 Å². The van der Waals surface area contributed by atoms with E-state index in [1.165, 1.54) is 0 Å². The van der Waals surface area contributed by atoms with Crippen LogP contribution in [0.2, 0.25) is 0 Å². The first-order valence-corrected chi connectivity index (χ1v) is 13.8. The van der Waals surface area contributed by atoms with Crippen molar-refractivity contribution in [3.05, 3.63) is 42.0 Å². The van der Waals surface area contributed by atoms with E-state index < -0.39 is 5.60 Å². The van der Waals surface area contributed by atoms with Crippen molar-refractivity contribution in [1.82, 2.24) is 30.4 Å². The average Bonchev–Trinajstić information content (AvgIpc) is 3.68. The number of anilines is 1. The molecule has 0 saturated carbocycles. The third-order valence-corrected chi connectivity index (χ3v) is 7.38. The molecule has 0 unspecified atom stereocenters. The highest BCUT2D eigenvalue weighted by molar-refractivity contribution is 6.01. The summed E-state index contributed by atoms with van der Waals surface area (Å²) in [5.74, 6) is 0.665. The van der Waals surface area contributed by atoms with Gasteiger partial charge in [0, 0.05) is 49.4 Å². The summed E-state index contributed by atoms with van der Waals surface area (Å²) in [4.78, 5) is 37.6. The molecule has 1 atom stereocenters. The van der Waals surface area contributed by atoms with Crippen LogP contribution in [-0.2, 0) is 9.47 Å². The fourth-order valence-electron chi connectivity index (χ4n) is 5.29. The van der Waals surface area contributed by atoms with Crippen molar-refractivity contribution in [3.63, 3.8) is 0 Å². The lowest BCUT2D eigenvalue weighted by molar-refractivity contribution is 0.0288. The highest BCUT2D eigenvalue weighted by Crippen LogP contribution is 2.29. The van der Waals surface area contributed by atoms with E-state index in [-0.39, 0.29) is 17.9 Å². The van der Waals surface area contributed by atoms with Crippen LogP contribution in [-0.4, -0.2) is 88.6 Å². The number of aromatic nitrogens is 4. The van der Waals surface area contributed by atoms with Gasteiger partial charge in [-0.05, 0) is 69.5 Å². The minimum absolute atomic E-state index is 0.162. The molecular formula is C29H35N7O4. The average molecular weight is 546 g/mol. The quantitative estimate of drug-likeness (QED) is 0.347. The molecule has 2 fully saturated rings. The Labute approximate surface area is 232 Å². The van der Waals surface area contributed by atoms with Crippen LogP contribution in [0.25, 0.3) is 33.5 Å². The summed E-state index contributed by atoms with van der Waals surface area (Å²) in [6.45, 7) is 10.5. The van der Waals surface area contributed by atoms with Gasteiger partial charge < -0.3 is 29.6 Å². The maximum absolute atomic E-state index is 13.1. The number of aromatic amines is 2. The van der Waals surface area contributed by atoms with Gasteiger partial charge in [0.25, 0.3) is 5.91 Å². The Bertz CT molecular complexity index is 1550. The molecule has 0 spiro atoms. The van der Waals surface area contributed by atoms with Crippen molar-refractivity contribution in [1.29, 1.82) is 0 Å². The monoisotopic (exact) mass is 545 g/mol. The van der Waals surface area contributed by atoms with E-state index in [0.717, 1.165) is 60.3 Å². The summed E-state index contributed by atoms with van der Waals surface area (Å²) in [7, 11) is 0. The highest BCUT2D eigenvalue weighted by Gasteiger charge is 2.30. The zero-order valence-electron chi connectivity index (χ0n) is 23.1. The summed E-state index contributed by atoms with van der Waals surface area (Å²) >= 11 is 0. The molecule has 210 valence electrons. The Morgan fingerprint density at radius 1 is 1.10 bits per heavy atom. The Kier molecular flexibility index (Phi) is 6.83. The van der Waals surface area contributed by atoms with E-state index in [9.17, 15) is 9.59 Å². The van der Waals surface area contributed by atoms with Crippen LogP contribution in [0.15, 0.2) is 36.4 Å². The largest absolute Gasteiger partial charge is 0.444 e. The number of hydrogen-bond donors (Lipinski definition) is 3. The smallest absolute Gasteiger partial charge is 0.410 e. The Morgan fingerprint density at radius 2 is 1.93 bits per heavy atom. The fourth-order valence-corrected chi connectivity index (χ4v) is 5.29. The number of H-pyrrole nitrogens is 2. The molecule has 2 aliphatic heterocycles. The Balaban J connectivity index is 1.14. The van der Waals surface area contributed by atoms with Gasteiger partial charge in [0.15, 0.2) is 5.82 Å². The first kappa shape index (κ1) is 26.1. The van der Waals surface area contributed by atoms with Crippen molar-refractivity contribution >= 4 is 39.6 Å². The fraction of sp³-hybridized carbons (Fsp3) is 0.448. The van der Waals surface area contributed by atoms with E-state index >= 15 is 0 Å². The predicted octanol–water partition coefficient (Wildman–Crippen LogP) is 3.93. The number of rotatable bonds is 5. The lowest BCUT2D eigenvalue weighted by Gasteiger charge is -2.28. The number of ether oxygens (including phenoxy) is 2. The van der Waals surface area contributed by atoms with E-state index in [0.29, 0.717) is 36.7 Å². The molecule has 0 radical (unpaired) electrons. The summed E-state index contributed by atoms with van der Waals surface area (Å²) in [5, 5.41) is 11.4. The molecule has 6 rings (SSSR count). The van der Waals surface area contributed by atoms with E-state index in [4.69, 9.17) is 14.5 Å². The summed E-state index contributed by atoms with van der Waals surface area (Å²) < 4.78 is 11.0. The molecule has 0 bridgehead atoms. The molecule has 3 N–H and O–H groups in total. The lowest BCUT2D eigenvalue weighted by atomic mass is 10.1. The lowest BCUT2D eigenvalue weighted by Crippen LogP contribution is -2.36. The first-order chi connectivity index (χ1) is 19.2. The van der Waals surface area contributed by atoms with Gasteiger partial charge in [-0.15, -0.1) is 0 Å². The van der Waals surface area contributed by atoms with Crippen LogP contribution in [0, 0.1) is 5.92 Å². The van der Waals surface area contributed by atoms with Crippen LogP contribution in [0.4, 0.5) is 10.5 Å². The number of fused-ring (bicyclic) bond motifs is 2. The van der Waals surface area contributed by atoms with Crippen molar-refractivity contribution in [2.24, 2.45) is 5.92 Å². The maximum atomic E-state index is 13.1. The number of imidazole rings is 1. The molecule has 2 amide bonds. The van der Waals surface area contributed by atoms with Crippen LogP contribution in [0.5, 0.6) is 0 Å². The second kappa shape index (κ2) is 10.5. The molecule has 2 saturated heterocycles. The molecule has 2 aromatic heterocycles. The standard InChI is InChI=1S/C29H35N7O4/c1-29(2,3)40-28(38)36-9-8-18(17-36)16-30-27(37)19-4-6-22-21(14-19)25(34-33-22)26-31-23-7-5-20(15-24(23)32-26)35-10-12-39-13-11-35/h4-7,14-15,18H,8-13,16-17H2,1-3H3,(H,30,37)(H,31,32)(H,33,34)/t18-/m0/s1. The maximum Gasteiger partial charge on any atom is 0.410 e. The third kappa shape index (κ3) is 5.46. The van der Waals surface area contributed by atoms with E-state index in [1.807, 2.05) is 39.0 Å². The van der Waals surface area contributed by atoms with Crippen molar-refractivity contribution in [2.45, 2.75) is 32.8 Å². The Morgan fingerprint density at radius 3 is 2.73 bits per heavy atom. The van der Waals surface area contributed by atoms with Crippen LogP contribution >= 0.6 is 0 Å². The highest BCUT2D eigenvalue weighted by atomic mass is 16.6. The summed E-state index contributed by atoms with van der Waals surface area (Å²) in [6, 6.07) is 11.7. The minimum atomic E-state index is -0.526. The number of likely N-dealkylation sites (tertiary alicyclic amines) is 1. The van der Waals surface area contributed by atoms with Crippen molar-refractivity contribution < 1.29 is 19.1 Å². The summed E-state index contributed by atoms with van der Waals surface area (Å²) in [6.07, 6.45) is 0.520. The Hall–Kier alpha value is -4.12. The minimum Gasteiger partial charge on any atom is -0.444 e. The molecule has 2 aromatic carbocycles. The number of nitrogens with one attached hydrogen (secondary N) is 3. The van der Waals surface area contributed by atoms with Gasteiger partial charge in [-0.25, -0.2) is 9.78 Å². The molecule has 2 aliphatic rings. The SMILES string of the molecule is CC(C)(C)OC(=O)N1CC[C@@H](CNC(=O)c2ccc3[nH]nc(-c4nc5ccc(N6CCOCC6)cc5[nH]4)c3c2)C1. The molecular weight excluding hydrogens is 510 g/mol. The number of amides is 2. The van der Waals surface area contributed by atoms with Crippen molar-refractivity contribution in [3.8, 4) is 11.5 Å². The normalized spacial score (nSPS) is 18.0. The summed E-state index contributed by atoms with van der Waals surface area (Å²) in [5.41, 5.74) is 4.43. The van der Waals surface area contributed by atoms with Gasteiger partial charge >= 0.3 is 6.09 Å². The third-order valence-electron chi connectivity index (χ3n) is 7.38. The number of morpholine rings is 1. The second-order valence-electron chi connectivity index (χ2n) is 11.5. The van der Waals surface area contributed by atoms with Gasteiger partial charge in [0.2, 0.25) is 0 Å². The molecule has 0 aliphatic carbocycles. The topological polar surface area (TPSA) is 128 Å². The molecule has 4 aromatic rings. The van der Waals surface area contributed by atoms with E-state index in [2.05, 4.69) is 37.5 Å². The number of carbonyl (C=O) groups is 2. The van der Waals surface area contributed by atoms with Crippen molar-refractivity contribution in [2.75, 3.05) is 50.8 Å². The zero-order chi connectivity index (χ0) is 27.9. The number of nitrogens with zero attached hydrogens (tertiary/aromatic N) is 4. The molecule has 4 heterocycles. The number of benzene rings is 2. The van der Waals surface area contributed by atoms with Gasteiger partial charge in [-0.1, -0.05) is 0 Å². The van der Waals surface area contributed by atoms with Gasteiger partial charge in [-0.3, -0.25) is 9.89 Å². The first-order valence-electron chi connectivity index (χ1n) is 13.8. The molecule has 11 nitrogen and oxygen atoms in total. The molecule has 11 heteroatoms. The predicted molar refractivity (Wildman–Crippen MR) is 152 cm³/mol. The zero-order valence-corrected chi connectivity index (χ0v) is 23.1. The molecule has 40 heavy (non-hydrogen) atoms. The van der Waals surface area contributed by atoms with E-state index in [1.54, 1.807) is 11.0 Å². The van der Waals surface area contributed by atoms with Gasteiger partial charge in [0.1, 0.15) is 11.3 Å². The van der Waals surface area contributed by atoms with Crippen LogP contribution in [0.3, 0.4) is 0 Å². The van der Waals surface area contributed by atoms with Crippen LogP contribution < -0.4 is 10.2 Å². The second-order valence-corrected chi connectivity index (χ2v) is 11.5.